The maximum absolute atomic E-state index is 12.2. The van der Waals surface area contributed by atoms with Gasteiger partial charge in [-0.05, 0) is 30.2 Å². The number of hydrogen-bond acceptors (Lipinski definition) is 4. The number of aliphatic hydroxyl groups excluding tert-OH is 1. The quantitative estimate of drug-likeness (QED) is 0.552. The first-order chi connectivity index (χ1) is 10.8. The molecule has 1 rings (SSSR count). The first kappa shape index (κ1) is 19.1. The maximum atomic E-state index is 12.2. The molecule has 2 amide bonds. The monoisotopic (exact) mass is 386 g/mol. The smallest absolute Gasteiger partial charge is 0.328 e. The minimum atomic E-state index is -1.41. The number of carboxylic acid groups (broad SMARTS) is 1. The molecule has 0 fully saturated rings. The van der Waals surface area contributed by atoms with Crippen LogP contribution in [0.1, 0.15) is 24.2 Å². The van der Waals surface area contributed by atoms with E-state index >= 15 is 0 Å². The van der Waals surface area contributed by atoms with Crippen molar-refractivity contribution in [2.24, 2.45) is 5.92 Å². The summed E-state index contributed by atoms with van der Waals surface area (Å²) in [5.74, 6) is -2.71. The molecular weight excluding hydrogens is 368 g/mol. The number of aliphatic hydroxyl groups is 1. The average molecular weight is 387 g/mol. The largest absolute Gasteiger partial charge is 0.480 e. The molecule has 0 aliphatic carbocycles. The van der Waals surface area contributed by atoms with E-state index in [9.17, 15) is 14.4 Å². The zero-order valence-corrected chi connectivity index (χ0v) is 14.3. The van der Waals surface area contributed by atoms with Gasteiger partial charge in [-0.1, -0.05) is 29.8 Å². The van der Waals surface area contributed by atoms with E-state index < -0.39 is 36.5 Å². The summed E-state index contributed by atoms with van der Waals surface area (Å²) in [6, 6.07) is 4.27. The molecule has 0 aliphatic heterocycles. The Morgan fingerprint density at radius 3 is 2.13 bits per heavy atom. The first-order valence-electron chi connectivity index (χ1n) is 6.96. The molecule has 1 aromatic rings. The highest BCUT2D eigenvalue weighted by Gasteiger charge is 2.28. The van der Waals surface area contributed by atoms with E-state index in [0.29, 0.717) is 5.56 Å². The number of aliphatic carboxylic acids is 1. The summed E-state index contributed by atoms with van der Waals surface area (Å²) in [4.78, 5) is 35.2. The molecule has 2 atom stereocenters. The molecule has 1 aromatic carbocycles. The highest BCUT2D eigenvalue weighted by atomic mass is 79.9. The molecule has 0 unspecified atom stereocenters. The molecule has 23 heavy (non-hydrogen) atoms. The van der Waals surface area contributed by atoms with Crippen LogP contribution in [0.4, 0.5) is 0 Å². The Morgan fingerprint density at radius 1 is 1.13 bits per heavy atom. The highest BCUT2D eigenvalue weighted by Crippen LogP contribution is 2.11. The van der Waals surface area contributed by atoms with Crippen LogP contribution in [0, 0.1) is 5.92 Å². The van der Waals surface area contributed by atoms with Crippen molar-refractivity contribution < 1.29 is 24.6 Å². The number of carboxylic acids is 1. The Kier molecular flexibility index (Phi) is 7.18. The van der Waals surface area contributed by atoms with E-state index in [-0.39, 0.29) is 5.92 Å². The van der Waals surface area contributed by atoms with Crippen molar-refractivity contribution in [1.82, 2.24) is 10.6 Å². The fraction of sp³-hybridized carbons (Fsp3) is 0.400. The Bertz CT molecular complexity index is 574. The first-order valence-corrected chi connectivity index (χ1v) is 7.76. The Labute approximate surface area is 142 Å². The summed E-state index contributed by atoms with van der Waals surface area (Å²) < 4.78 is 0.819. The summed E-state index contributed by atoms with van der Waals surface area (Å²) in [6.45, 7) is 2.72. The van der Waals surface area contributed by atoms with E-state index in [1.165, 1.54) is 0 Å². The molecule has 0 radical (unpaired) electrons. The molecule has 0 aliphatic rings. The molecule has 0 heterocycles. The topological polar surface area (TPSA) is 116 Å². The molecule has 126 valence electrons. The summed E-state index contributed by atoms with van der Waals surface area (Å²) in [5, 5.41) is 22.6. The van der Waals surface area contributed by atoms with Crippen LogP contribution in [0.5, 0.6) is 0 Å². The van der Waals surface area contributed by atoms with Crippen LogP contribution in [0.25, 0.3) is 0 Å². The Hall–Kier alpha value is -1.93. The van der Waals surface area contributed by atoms with Crippen LogP contribution in [-0.4, -0.2) is 46.7 Å². The summed E-state index contributed by atoms with van der Waals surface area (Å²) in [7, 11) is 0. The Balaban J connectivity index is 2.82. The highest BCUT2D eigenvalue weighted by molar-refractivity contribution is 9.10. The number of halogens is 1. The third-order valence-electron chi connectivity index (χ3n) is 3.14. The summed E-state index contributed by atoms with van der Waals surface area (Å²) >= 11 is 3.27. The van der Waals surface area contributed by atoms with Gasteiger partial charge in [0, 0.05) is 10.0 Å². The lowest BCUT2D eigenvalue weighted by atomic mass is 10.0. The van der Waals surface area contributed by atoms with Crippen LogP contribution in [0.2, 0.25) is 0 Å². The lowest BCUT2D eigenvalue weighted by Crippen LogP contribution is -2.54. The number of rotatable bonds is 7. The van der Waals surface area contributed by atoms with E-state index in [1.54, 1.807) is 38.1 Å². The maximum Gasteiger partial charge on any atom is 0.328 e. The molecular formula is C15H19BrN2O5. The number of nitrogens with one attached hydrogen (secondary N) is 2. The average Bonchev–Trinajstić information content (AvgIpc) is 2.49. The van der Waals surface area contributed by atoms with Crippen molar-refractivity contribution in [1.29, 1.82) is 0 Å². The lowest BCUT2D eigenvalue weighted by Gasteiger charge is -2.23. The van der Waals surface area contributed by atoms with Crippen molar-refractivity contribution in [3.63, 3.8) is 0 Å². The van der Waals surface area contributed by atoms with Gasteiger partial charge < -0.3 is 20.8 Å². The lowest BCUT2D eigenvalue weighted by molar-refractivity contribution is -0.143. The number of carbonyl (C=O) groups excluding carboxylic acids is 2. The zero-order valence-electron chi connectivity index (χ0n) is 12.7. The van der Waals surface area contributed by atoms with Gasteiger partial charge in [-0.2, -0.15) is 0 Å². The second-order valence-electron chi connectivity index (χ2n) is 5.28. The van der Waals surface area contributed by atoms with Crippen LogP contribution in [0.15, 0.2) is 28.7 Å². The Morgan fingerprint density at radius 2 is 1.70 bits per heavy atom. The van der Waals surface area contributed by atoms with Gasteiger partial charge in [0.25, 0.3) is 5.91 Å². The van der Waals surface area contributed by atoms with Gasteiger partial charge in [0.05, 0.1) is 6.61 Å². The van der Waals surface area contributed by atoms with Crippen molar-refractivity contribution in [3.8, 4) is 0 Å². The van der Waals surface area contributed by atoms with Gasteiger partial charge >= 0.3 is 5.97 Å². The molecule has 7 nitrogen and oxygen atoms in total. The van der Waals surface area contributed by atoms with E-state index in [4.69, 9.17) is 10.2 Å². The molecule has 0 saturated carbocycles. The standard InChI is InChI=1S/C15H19BrN2O5/c1-8(2)12(14(21)17-11(7-19)15(22)23)18-13(20)9-3-5-10(16)6-4-9/h3-6,8,11-12,19H,7H2,1-2H3,(H,17,21)(H,18,20)(H,22,23)/t11-,12-/m0/s1. The second kappa shape index (κ2) is 8.64. The van der Waals surface area contributed by atoms with Crippen molar-refractivity contribution in [2.75, 3.05) is 6.61 Å². The van der Waals surface area contributed by atoms with Crippen LogP contribution in [0.3, 0.4) is 0 Å². The third kappa shape index (κ3) is 5.65. The second-order valence-corrected chi connectivity index (χ2v) is 6.20. The minimum absolute atomic E-state index is 0.262. The van der Waals surface area contributed by atoms with Gasteiger partial charge in [-0.15, -0.1) is 0 Å². The van der Waals surface area contributed by atoms with Crippen molar-refractivity contribution >= 4 is 33.7 Å². The summed E-state index contributed by atoms with van der Waals surface area (Å²) in [6.07, 6.45) is 0. The number of carbonyl (C=O) groups is 3. The molecule has 4 N–H and O–H groups in total. The molecule has 0 spiro atoms. The molecule has 0 bridgehead atoms. The summed E-state index contributed by atoms with van der Waals surface area (Å²) in [5.41, 5.74) is 0.378. The number of hydrogen-bond donors (Lipinski definition) is 4. The van der Waals surface area contributed by atoms with E-state index in [2.05, 4.69) is 26.6 Å². The van der Waals surface area contributed by atoms with Crippen molar-refractivity contribution in [2.45, 2.75) is 25.9 Å². The van der Waals surface area contributed by atoms with Gasteiger partial charge in [0.15, 0.2) is 0 Å². The fourth-order valence-electron chi connectivity index (χ4n) is 1.81. The molecule has 8 heteroatoms. The van der Waals surface area contributed by atoms with Gasteiger partial charge in [-0.3, -0.25) is 9.59 Å². The predicted molar refractivity (Wildman–Crippen MR) is 86.9 cm³/mol. The molecule has 0 aromatic heterocycles. The van der Waals surface area contributed by atoms with Crippen molar-refractivity contribution in [3.05, 3.63) is 34.3 Å². The predicted octanol–water partition coefficient (Wildman–Crippen LogP) is 0.765. The normalized spacial score (nSPS) is 13.3. The number of amides is 2. The van der Waals surface area contributed by atoms with Gasteiger partial charge in [-0.25, -0.2) is 4.79 Å². The minimum Gasteiger partial charge on any atom is -0.480 e. The SMILES string of the molecule is CC(C)[C@H](NC(=O)c1ccc(Br)cc1)C(=O)N[C@@H](CO)C(=O)O. The van der Waals surface area contributed by atoms with Crippen LogP contribution >= 0.6 is 15.9 Å². The fourth-order valence-corrected chi connectivity index (χ4v) is 2.07. The third-order valence-corrected chi connectivity index (χ3v) is 3.67. The van der Waals surface area contributed by atoms with Gasteiger partial charge in [0.2, 0.25) is 5.91 Å². The van der Waals surface area contributed by atoms with E-state index in [1.807, 2.05) is 0 Å². The van der Waals surface area contributed by atoms with Crippen LogP contribution < -0.4 is 10.6 Å². The zero-order chi connectivity index (χ0) is 17.6. The van der Waals surface area contributed by atoms with Gasteiger partial charge in [0.1, 0.15) is 12.1 Å². The van der Waals surface area contributed by atoms with E-state index in [0.717, 1.165) is 4.47 Å². The van der Waals surface area contributed by atoms with Crippen LogP contribution in [-0.2, 0) is 9.59 Å². The number of benzene rings is 1. The molecule has 0 saturated heterocycles.